The molecule has 1 aromatic heterocycles. The third-order valence-corrected chi connectivity index (χ3v) is 2.65. The Labute approximate surface area is 117 Å². The minimum atomic E-state index is -1.08. The number of carboxylic acids is 1. The molecule has 0 radical (unpaired) electrons. The molecule has 0 bridgehead atoms. The van der Waals surface area contributed by atoms with E-state index in [2.05, 4.69) is 10.3 Å². The highest BCUT2D eigenvalue weighted by Gasteiger charge is 2.11. The van der Waals surface area contributed by atoms with Crippen molar-refractivity contribution in [1.82, 2.24) is 19.8 Å². The number of aliphatic hydroxyl groups excluding tert-OH is 1. The molecule has 2 amide bonds. The number of aliphatic hydroxyl groups is 1. The third kappa shape index (κ3) is 4.88. The van der Waals surface area contributed by atoms with Gasteiger partial charge in [0.05, 0.1) is 12.9 Å². The topological polar surface area (TPSA) is 108 Å². The van der Waals surface area contributed by atoms with E-state index in [9.17, 15) is 9.59 Å². The van der Waals surface area contributed by atoms with Crippen molar-refractivity contribution >= 4 is 12.0 Å². The first-order chi connectivity index (χ1) is 9.58. The summed E-state index contributed by atoms with van der Waals surface area (Å²) in [6, 6.07) is -0.237. The van der Waals surface area contributed by atoms with Crippen LogP contribution in [0.5, 0.6) is 0 Å². The molecule has 0 unspecified atom stereocenters. The van der Waals surface area contributed by atoms with Crippen molar-refractivity contribution < 1.29 is 19.8 Å². The molecule has 1 rings (SSSR count). The van der Waals surface area contributed by atoms with E-state index in [0.717, 1.165) is 6.42 Å². The van der Waals surface area contributed by atoms with Crippen molar-refractivity contribution in [2.75, 3.05) is 26.2 Å². The molecule has 0 aromatic carbocycles. The van der Waals surface area contributed by atoms with Crippen LogP contribution in [0.15, 0.2) is 12.5 Å². The number of imidazole rings is 1. The molecule has 8 nitrogen and oxygen atoms in total. The van der Waals surface area contributed by atoms with Crippen LogP contribution in [0.4, 0.5) is 4.79 Å². The van der Waals surface area contributed by atoms with Crippen LogP contribution in [0.1, 0.15) is 23.8 Å². The van der Waals surface area contributed by atoms with Gasteiger partial charge in [-0.05, 0) is 6.42 Å². The van der Waals surface area contributed by atoms with Gasteiger partial charge in [0.1, 0.15) is 0 Å². The summed E-state index contributed by atoms with van der Waals surface area (Å²) >= 11 is 0. The lowest BCUT2D eigenvalue weighted by atomic mass is 10.4. The minimum Gasteiger partial charge on any atom is -0.476 e. The molecule has 1 aromatic rings. The first-order valence-electron chi connectivity index (χ1n) is 6.47. The predicted molar refractivity (Wildman–Crippen MR) is 71.5 cm³/mol. The fourth-order valence-electron chi connectivity index (χ4n) is 1.70. The Morgan fingerprint density at radius 1 is 1.45 bits per heavy atom. The van der Waals surface area contributed by atoms with Crippen molar-refractivity contribution in [3.8, 4) is 0 Å². The fraction of sp³-hybridized carbons (Fsp3) is 0.583. The second kappa shape index (κ2) is 8.16. The Kier molecular flexibility index (Phi) is 6.51. The Hall–Kier alpha value is -2.09. The molecular formula is C12H20N4O4. The van der Waals surface area contributed by atoms with Crippen LogP contribution >= 0.6 is 0 Å². The van der Waals surface area contributed by atoms with Crippen LogP contribution < -0.4 is 5.32 Å². The van der Waals surface area contributed by atoms with Gasteiger partial charge in [-0.3, -0.25) is 0 Å². The van der Waals surface area contributed by atoms with E-state index in [1.165, 1.54) is 17.4 Å². The third-order valence-electron chi connectivity index (χ3n) is 2.65. The summed E-state index contributed by atoms with van der Waals surface area (Å²) in [5.74, 6) is -1.08. The van der Waals surface area contributed by atoms with Crippen LogP contribution in [0.2, 0.25) is 0 Å². The fourth-order valence-corrected chi connectivity index (χ4v) is 1.70. The van der Waals surface area contributed by atoms with Gasteiger partial charge < -0.3 is 25.0 Å². The first-order valence-corrected chi connectivity index (χ1v) is 6.47. The minimum absolute atomic E-state index is 0.0239. The molecule has 0 aliphatic heterocycles. The van der Waals surface area contributed by atoms with Crippen LogP contribution in [-0.2, 0) is 6.54 Å². The number of aromatic nitrogens is 2. The molecule has 0 aliphatic rings. The number of hydrogen-bond acceptors (Lipinski definition) is 4. The van der Waals surface area contributed by atoms with Crippen LogP contribution in [-0.4, -0.2) is 62.9 Å². The molecule has 112 valence electrons. The molecule has 0 aliphatic carbocycles. The zero-order chi connectivity index (χ0) is 15.0. The molecule has 0 spiro atoms. The Morgan fingerprint density at radius 3 is 2.75 bits per heavy atom. The zero-order valence-electron chi connectivity index (χ0n) is 11.4. The Balaban J connectivity index is 2.38. The van der Waals surface area contributed by atoms with Crippen molar-refractivity contribution in [1.29, 1.82) is 0 Å². The number of urea groups is 1. The summed E-state index contributed by atoms with van der Waals surface area (Å²) in [6.07, 6.45) is 3.64. The average molecular weight is 284 g/mol. The molecule has 0 fully saturated rings. The molecule has 3 N–H and O–H groups in total. The molecular weight excluding hydrogens is 264 g/mol. The van der Waals surface area contributed by atoms with E-state index in [0.29, 0.717) is 26.2 Å². The van der Waals surface area contributed by atoms with Gasteiger partial charge in [-0.1, -0.05) is 6.92 Å². The van der Waals surface area contributed by atoms with Gasteiger partial charge in [-0.2, -0.15) is 0 Å². The summed E-state index contributed by atoms with van der Waals surface area (Å²) in [7, 11) is 0. The van der Waals surface area contributed by atoms with Crippen molar-refractivity contribution in [2.24, 2.45) is 0 Å². The summed E-state index contributed by atoms with van der Waals surface area (Å²) in [5, 5.41) is 20.3. The van der Waals surface area contributed by atoms with E-state index >= 15 is 0 Å². The van der Waals surface area contributed by atoms with Gasteiger partial charge in [0.2, 0.25) is 0 Å². The largest absolute Gasteiger partial charge is 0.476 e. The van der Waals surface area contributed by atoms with E-state index < -0.39 is 5.97 Å². The number of carboxylic acid groups (broad SMARTS) is 1. The van der Waals surface area contributed by atoms with Gasteiger partial charge in [0, 0.05) is 32.4 Å². The number of carbonyl (C=O) groups is 2. The summed E-state index contributed by atoms with van der Waals surface area (Å²) in [5.41, 5.74) is -0.0239. The summed E-state index contributed by atoms with van der Waals surface area (Å²) < 4.78 is 1.60. The molecule has 0 saturated heterocycles. The van der Waals surface area contributed by atoms with Gasteiger partial charge in [0.15, 0.2) is 5.69 Å². The zero-order valence-corrected chi connectivity index (χ0v) is 11.4. The number of amides is 2. The maximum atomic E-state index is 11.8. The number of nitrogens with zero attached hydrogens (tertiary/aromatic N) is 3. The quantitative estimate of drug-likeness (QED) is 0.622. The summed E-state index contributed by atoms with van der Waals surface area (Å²) in [4.78, 5) is 27.7. The van der Waals surface area contributed by atoms with Crippen molar-refractivity contribution in [3.05, 3.63) is 18.2 Å². The maximum absolute atomic E-state index is 11.8. The molecule has 20 heavy (non-hydrogen) atoms. The van der Waals surface area contributed by atoms with E-state index in [4.69, 9.17) is 10.2 Å². The van der Waals surface area contributed by atoms with Gasteiger partial charge in [-0.15, -0.1) is 0 Å². The summed E-state index contributed by atoms with van der Waals surface area (Å²) in [6.45, 7) is 3.56. The molecule has 1 heterocycles. The van der Waals surface area contributed by atoms with E-state index in [1.54, 1.807) is 4.57 Å². The average Bonchev–Trinajstić information content (AvgIpc) is 2.87. The molecule has 0 saturated carbocycles. The van der Waals surface area contributed by atoms with Gasteiger partial charge in [-0.25, -0.2) is 14.6 Å². The predicted octanol–water partition coefficient (Wildman–Crippen LogP) is -0.00480. The monoisotopic (exact) mass is 284 g/mol. The number of carbonyl (C=O) groups excluding carboxylic acids is 1. The van der Waals surface area contributed by atoms with Crippen molar-refractivity contribution in [2.45, 2.75) is 19.9 Å². The lowest BCUT2D eigenvalue weighted by Crippen LogP contribution is -2.42. The van der Waals surface area contributed by atoms with E-state index in [1.807, 2.05) is 6.92 Å². The Bertz CT molecular complexity index is 440. The van der Waals surface area contributed by atoms with E-state index in [-0.39, 0.29) is 18.3 Å². The van der Waals surface area contributed by atoms with Crippen LogP contribution in [0.25, 0.3) is 0 Å². The van der Waals surface area contributed by atoms with Gasteiger partial charge >= 0.3 is 12.0 Å². The van der Waals surface area contributed by atoms with Crippen LogP contribution in [0, 0.1) is 0 Å². The number of nitrogens with one attached hydrogen (secondary N) is 1. The number of aromatic carboxylic acids is 1. The molecule has 0 atom stereocenters. The highest BCUT2D eigenvalue weighted by Crippen LogP contribution is 1.96. The second-order valence-corrected chi connectivity index (χ2v) is 4.24. The SMILES string of the molecule is CCCN(CCO)C(=O)NCCn1cnc(C(=O)O)c1. The lowest BCUT2D eigenvalue weighted by molar-refractivity contribution is 0.0691. The van der Waals surface area contributed by atoms with Crippen LogP contribution in [0.3, 0.4) is 0 Å². The smallest absolute Gasteiger partial charge is 0.356 e. The normalized spacial score (nSPS) is 10.3. The maximum Gasteiger partial charge on any atom is 0.356 e. The van der Waals surface area contributed by atoms with Crippen molar-refractivity contribution in [3.63, 3.8) is 0 Å². The highest BCUT2D eigenvalue weighted by atomic mass is 16.4. The number of hydrogen-bond donors (Lipinski definition) is 3. The second-order valence-electron chi connectivity index (χ2n) is 4.24. The Morgan fingerprint density at radius 2 is 2.20 bits per heavy atom. The highest BCUT2D eigenvalue weighted by molar-refractivity contribution is 5.84. The first kappa shape index (κ1) is 16.0. The van der Waals surface area contributed by atoms with Gasteiger partial charge in [0.25, 0.3) is 0 Å². The standard InChI is InChI=1S/C12H20N4O4/c1-2-4-16(6-7-17)12(20)13-3-5-15-8-10(11(18)19)14-9-15/h8-9,17H,2-7H2,1H3,(H,13,20)(H,18,19). The molecule has 8 heteroatoms. The lowest BCUT2D eigenvalue weighted by Gasteiger charge is -2.21. The number of rotatable bonds is 8.